The van der Waals surface area contributed by atoms with Crippen LogP contribution in [0.4, 0.5) is 0 Å². The highest BCUT2D eigenvalue weighted by molar-refractivity contribution is 7.47. The molecule has 0 aromatic carbocycles. The zero-order valence-corrected chi connectivity index (χ0v) is 61.1. The Bertz CT molecular complexity index is 2090. The standard InChI is InChI=1S/C82H141N2O7P/c1-7-10-13-16-19-22-25-28-30-32-34-36-38-40-42-44-46-48-50-52-54-56-59-62-65-68-71-74-81(85)83-79(78-90-92(87,88)89-77-76-84(4,5)6)80(73-70-67-64-61-58-27-24-21-18-15-12-9-3)91-82(86)75-72-69-66-63-60-57-55-53-51-49-47-45-43-41-39-37-35-33-31-29-26-23-20-17-14-11-8-2/h10-11,13-14,19-20,22-23,28-31,34-37,40-43,47,49,70,73,79-80H,7-9,12,15-18,21,24-27,32-33,38-39,44-46,48,50-69,71-72,74-78H2,1-6H3,(H-,83,85,87,88)/p+1/b13-10-,14-11-,22-19-,23-20-,30-28-,31-29-,36-34-,37-35-,42-40-,43-41-,49-47-,73-70+. The quantitative estimate of drug-likeness (QED) is 0.0205. The molecule has 0 aliphatic rings. The molecule has 3 atom stereocenters. The van der Waals surface area contributed by atoms with Crippen LogP contribution in [-0.4, -0.2) is 74.3 Å². The number of likely N-dealkylation sites (N-methyl/N-ethyl adjacent to an activating group) is 1. The molecule has 0 fully saturated rings. The van der Waals surface area contributed by atoms with Crippen molar-refractivity contribution in [3.05, 3.63) is 146 Å². The Kier molecular flexibility index (Phi) is 66.6. The lowest BCUT2D eigenvalue weighted by molar-refractivity contribution is -0.870. The van der Waals surface area contributed by atoms with Crippen molar-refractivity contribution >= 4 is 19.7 Å². The Balaban J connectivity index is 5.04. The van der Waals surface area contributed by atoms with Gasteiger partial charge in [0, 0.05) is 12.8 Å². The molecule has 2 N–H and O–H groups in total. The number of hydrogen-bond acceptors (Lipinski definition) is 6. The van der Waals surface area contributed by atoms with Gasteiger partial charge in [0.1, 0.15) is 19.3 Å². The Morgan fingerprint density at radius 2 is 0.696 bits per heavy atom. The number of rotatable bonds is 67. The predicted molar refractivity (Wildman–Crippen MR) is 401 cm³/mol. The summed E-state index contributed by atoms with van der Waals surface area (Å²) < 4.78 is 30.9. The predicted octanol–water partition coefficient (Wildman–Crippen LogP) is 24.5. The first-order valence-electron chi connectivity index (χ1n) is 37.7. The average molecular weight is 1300 g/mol. The summed E-state index contributed by atoms with van der Waals surface area (Å²) >= 11 is 0. The summed E-state index contributed by atoms with van der Waals surface area (Å²) in [5.74, 6) is -0.521. The molecule has 0 radical (unpaired) electrons. The van der Waals surface area contributed by atoms with E-state index in [9.17, 15) is 19.0 Å². The number of esters is 1. The Morgan fingerprint density at radius 3 is 1.04 bits per heavy atom. The largest absolute Gasteiger partial charge is 0.472 e. The van der Waals surface area contributed by atoms with Gasteiger partial charge in [-0.2, -0.15) is 0 Å². The minimum Gasteiger partial charge on any atom is -0.456 e. The molecule has 10 heteroatoms. The first-order chi connectivity index (χ1) is 44.9. The van der Waals surface area contributed by atoms with E-state index in [-0.39, 0.29) is 31.5 Å². The number of carbonyl (C=O) groups is 2. The highest BCUT2D eigenvalue weighted by Gasteiger charge is 2.30. The van der Waals surface area contributed by atoms with Gasteiger partial charge < -0.3 is 19.4 Å². The number of amides is 1. The van der Waals surface area contributed by atoms with E-state index >= 15 is 0 Å². The summed E-state index contributed by atoms with van der Waals surface area (Å²) in [6, 6.07) is -0.865. The third kappa shape index (κ3) is 70.2. The molecule has 0 spiro atoms. The van der Waals surface area contributed by atoms with Gasteiger partial charge in [0.25, 0.3) is 0 Å². The monoisotopic (exact) mass is 1300 g/mol. The number of quaternary nitrogens is 1. The van der Waals surface area contributed by atoms with E-state index in [1.54, 1.807) is 0 Å². The Hall–Kier alpha value is -4.11. The molecule has 0 aliphatic carbocycles. The molecule has 0 aromatic rings. The van der Waals surface area contributed by atoms with Crippen LogP contribution >= 0.6 is 7.82 Å². The smallest absolute Gasteiger partial charge is 0.456 e. The number of nitrogens with zero attached hydrogens (tertiary/aromatic N) is 1. The van der Waals surface area contributed by atoms with Gasteiger partial charge >= 0.3 is 13.8 Å². The second-order valence-corrected chi connectivity index (χ2v) is 27.5. The number of phosphoric ester groups is 1. The third-order valence-electron chi connectivity index (χ3n) is 16.0. The maximum absolute atomic E-state index is 13.7. The molecular formula is C82H142N2O7P+. The number of phosphoric acid groups is 1. The van der Waals surface area contributed by atoms with Crippen molar-refractivity contribution in [1.29, 1.82) is 0 Å². The highest BCUT2D eigenvalue weighted by atomic mass is 31.2. The Morgan fingerprint density at radius 1 is 0.391 bits per heavy atom. The highest BCUT2D eigenvalue weighted by Crippen LogP contribution is 2.43. The van der Waals surface area contributed by atoms with Crippen LogP contribution in [0.25, 0.3) is 0 Å². The fraction of sp³-hybridized carbons (Fsp3) is 0.683. The first kappa shape index (κ1) is 87.9. The molecule has 92 heavy (non-hydrogen) atoms. The van der Waals surface area contributed by atoms with Gasteiger partial charge in [-0.05, 0) is 128 Å². The van der Waals surface area contributed by atoms with E-state index in [0.29, 0.717) is 17.4 Å². The summed E-state index contributed by atoms with van der Waals surface area (Å²) in [4.78, 5) is 38.0. The number of hydrogen-bond donors (Lipinski definition) is 2. The minimum atomic E-state index is -4.47. The second kappa shape index (κ2) is 69.7. The lowest BCUT2D eigenvalue weighted by atomic mass is 10.0. The molecule has 0 saturated heterocycles. The van der Waals surface area contributed by atoms with Gasteiger partial charge in [0.05, 0.1) is 33.8 Å². The normalized spacial score (nSPS) is 14.3. The zero-order valence-electron chi connectivity index (χ0n) is 60.2. The fourth-order valence-corrected chi connectivity index (χ4v) is 11.1. The fourth-order valence-electron chi connectivity index (χ4n) is 10.3. The molecular weight excluding hydrogens is 1160 g/mol. The van der Waals surface area contributed by atoms with Crippen molar-refractivity contribution in [1.82, 2.24) is 5.32 Å². The van der Waals surface area contributed by atoms with Crippen molar-refractivity contribution < 1.29 is 37.3 Å². The number of allylic oxidation sites excluding steroid dienone is 23. The van der Waals surface area contributed by atoms with Gasteiger partial charge in [-0.1, -0.05) is 315 Å². The van der Waals surface area contributed by atoms with Crippen LogP contribution in [0.15, 0.2) is 146 Å². The van der Waals surface area contributed by atoms with Gasteiger partial charge in [0.15, 0.2) is 0 Å². The summed E-state index contributed by atoms with van der Waals surface area (Å²) in [6.45, 7) is 6.79. The molecule has 0 aromatic heterocycles. The molecule has 0 aliphatic heterocycles. The van der Waals surface area contributed by atoms with E-state index < -0.39 is 20.0 Å². The van der Waals surface area contributed by atoms with Crippen LogP contribution < -0.4 is 5.32 Å². The lowest BCUT2D eigenvalue weighted by Gasteiger charge is -2.27. The third-order valence-corrected chi connectivity index (χ3v) is 17.0. The molecule has 3 unspecified atom stereocenters. The summed E-state index contributed by atoms with van der Waals surface area (Å²) in [5, 5.41) is 3.07. The van der Waals surface area contributed by atoms with E-state index in [1.807, 2.05) is 33.3 Å². The van der Waals surface area contributed by atoms with E-state index in [1.165, 1.54) is 122 Å². The maximum atomic E-state index is 13.7. The van der Waals surface area contributed by atoms with Crippen LogP contribution in [0.5, 0.6) is 0 Å². The second-order valence-electron chi connectivity index (χ2n) is 26.1. The molecule has 526 valence electrons. The number of ether oxygens (including phenoxy) is 1. The molecule has 1 amide bonds. The summed E-state index contributed by atoms with van der Waals surface area (Å²) in [7, 11) is 1.48. The minimum absolute atomic E-state index is 0.0313. The molecule has 9 nitrogen and oxygen atoms in total. The summed E-state index contributed by atoms with van der Waals surface area (Å²) in [6.07, 6.45) is 101. The molecule has 0 bridgehead atoms. The van der Waals surface area contributed by atoms with E-state index in [4.69, 9.17) is 13.8 Å². The van der Waals surface area contributed by atoms with Gasteiger partial charge in [0.2, 0.25) is 5.91 Å². The zero-order chi connectivity index (χ0) is 67.0. The van der Waals surface area contributed by atoms with E-state index in [2.05, 4.69) is 160 Å². The van der Waals surface area contributed by atoms with Crippen LogP contribution in [0, 0.1) is 0 Å². The van der Waals surface area contributed by atoms with Gasteiger partial charge in [-0.15, -0.1) is 0 Å². The van der Waals surface area contributed by atoms with Crippen LogP contribution in [0.2, 0.25) is 0 Å². The number of carbonyl (C=O) groups excluding carboxylic acids is 2. The van der Waals surface area contributed by atoms with E-state index in [0.717, 1.165) is 154 Å². The van der Waals surface area contributed by atoms with Crippen LogP contribution in [0.1, 0.15) is 310 Å². The van der Waals surface area contributed by atoms with Crippen molar-refractivity contribution in [2.24, 2.45) is 0 Å². The average Bonchev–Trinajstić information content (AvgIpc) is 3.72. The van der Waals surface area contributed by atoms with Crippen molar-refractivity contribution in [3.8, 4) is 0 Å². The van der Waals surface area contributed by atoms with Gasteiger partial charge in [-0.3, -0.25) is 18.6 Å². The van der Waals surface area contributed by atoms with Crippen molar-refractivity contribution in [2.45, 2.75) is 322 Å². The van der Waals surface area contributed by atoms with Gasteiger partial charge in [-0.25, -0.2) is 4.57 Å². The topological polar surface area (TPSA) is 111 Å². The lowest BCUT2D eigenvalue weighted by Crippen LogP contribution is -2.47. The molecule has 0 saturated carbocycles. The molecule has 0 heterocycles. The summed E-state index contributed by atoms with van der Waals surface area (Å²) in [5.41, 5.74) is 0. The van der Waals surface area contributed by atoms with Crippen LogP contribution in [-0.2, 0) is 27.9 Å². The number of nitrogens with one attached hydrogen (secondary N) is 1. The van der Waals surface area contributed by atoms with Crippen molar-refractivity contribution in [3.63, 3.8) is 0 Å². The molecule has 0 rings (SSSR count). The SMILES string of the molecule is CC/C=C\C/C=C\C/C=C\C/C=C\C/C=C\C/C=C\CCCCCCCCCCC(=O)OC(/C=C/CCCCCCCCCCCC)C(COP(=O)(O)OCC[N+](C)(C)C)NC(=O)CCCCCCCCCCCCC/C=C\C/C=C\C/C=C\C/C=C\C/C=C\CC. The number of unbranched alkanes of at least 4 members (excludes halogenated alkanes) is 29. The van der Waals surface area contributed by atoms with Crippen molar-refractivity contribution in [2.75, 3.05) is 40.9 Å². The maximum Gasteiger partial charge on any atom is 0.472 e. The van der Waals surface area contributed by atoms with Crippen LogP contribution in [0.3, 0.4) is 0 Å². The first-order valence-corrected chi connectivity index (χ1v) is 39.2. The Labute approximate surface area is 568 Å².